The zero-order valence-corrected chi connectivity index (χ0v) is 20.9. The zero-order valence-electron chi connectivity index (χ0n) is 20.9. The fraction of sp³-hybridized carbons (Fsp3) is 0.500. The van der Waals surface area contributed by atoms with Gasteiger partial charge in [0.25, 0.3) is 0 Å². The van der Waals surface area contributed by atoms with Gasteiger partial charge in [0.1, 0.15) is 0 Å². The first-order chi connectivity index (χ1) is 17.1. The molecule has 4 heterocycles. The largest absolute Gasteiger partial charge is 0.369 e. The second kappa shape index (κ2) is 9.19. The van der Waals surface area contributed by atoms with Crippen LogP contribution in [0.15, 0.2) is 48.8 Å². The Balaban J connectivity index is 1.16. The summed E-state index contributed by atoms with van der Waals surface area (Å²) in [4.78, 5) is 22.1. The average molecular weight is 473 g/mol. The number of anilines is 2. The second-order valence-corrected chi connectivity index (χ2v) is 10.4. The monoisotopic (exact) mass is 472 g/mol. The van der Waals surface area contributed by atoms with Crippen LogP contribution in [-0.2, 0) is 4.79 Å². The fourth-order valence-corrected chi connectivity index (χ4v) is 5.68. The van der Waals surface area contributed by atoms with Gasteiger partial charge in [0.05, 0.1) is 11.2 Å². The molecule has 0 radical (unpaired) electrons. The van der Waals surface area contributed by atoms with Crippen LogP contribution in [0.4, 0.5) is 11.4 Å². The number of rotatable bonds is 5. The van der Waals surface area contributed by atoms with E-state index >= 15 is 0 Å². The Kier molecular flexibility index (Phi) is 5.88. The molecule has 1 aliphatic carbocycles. The summed E-state index contributed by atoms with van der Waals surface area (Å²) in [7, 11) is 0. The summed E-state index contributed by atoms with van der Waals surface area (Å²) in [5.74, 6) is 1.20. The van der Waals surface area contributed by atoms with Gasteiger partial charge in [-0.2, -0.15) is 5.10 Å². The molecule has 3 fully saturated rings. The molecule has 2 aliphatic heterocycles. The molecule has 2 atom stereocenters. The van der Waals surface area contributed by atoms with Gasteiger partial charge in [-0.1, -0.05) is 26.0 Å². The minimum absolute atomic E-state index is 0.273. The Bertz CT molecular complexity index is 1190. The number of likely N-dealkylation sites (N-methyl/N-ethyl adjacent to an activating group) is 1. The molecule has 1 aromatic carbocycles. The number of carbonyl (C=O) groups is 1. The lowest BCUT2D eigenvalue weighted by Gasteiger charge is -2.36. The van der Waals surface area contributed by atoms with Crippen molar-refractivity contribution in [2.24, 2.45) is 11.8 Å². The van der Waals surface area contributed by atoms with Crippen LogP contribution in [-0.4, -0.2) is 84.2 Å². The Morgan fingerprint density at radius 3 is 2.26 bits per heavy atom. The van der Waals surface area contributed by atoms with Crippen molar-refractivity contribution >= 4 is 22.8 Å². The fourth-order valence-electron chi connectivity index (χ4n) is 5.68. The maximum absolute atomic E-state index is 12.6. The maximum Gasteiger partial charge on any atom is 0.226 e. The quantitative estimate of drug-likeness (QED) is 0.569. The zero-order chi connectivity index (χ0) is 23.9. The lowest BCUT2D eigenvalue weighted by molar-refractivity contribution is -0.133. The van der Waals surface area contributed by atoms with Crippen molar-refractivity contribution in [2.45, 2.75) is 20.3 Å². The molecule has 1 amide bonds. The van der Waals surface area contributed by atoms with Crippen LogP contribution in [0.3, 0.4) is 0 Å². The molecular weight excluding hydrogens is 436 g/mol. The first kappa shape index (κ1) is 22.4. The predicted octanol–water partition coefficient (Wildman–Crippen LogP) is 3.45. The van der Waals surface area contributed by atoms with Crippen molar-refractivity contribution in [1.29, 1.82) is 0 Å². The molecule has 2 saturated heterocycles. The van der Waals surface area contributed by atoms with Gasteiger partial charge in [-0.15, -0.1) is 0 Å². The number of piperazine rings is 2. The van der Waals surface area contributed by atoms with E-state index in [1.54, 1.807) is 0 Å². The average Bonchev–Trinajstić information content (AvgIpc) is 3.48. The van der Waals surface area contributed by atoms with Crippen molar-refractivity contribution < 1.29 is 4.79 Å². The van der Waals surface area contributed by atoms with E-state index < -0.39 is 0 Å². The SMILES string of the molecule is CCN1CCN(c2ccc(-c3cc4c(N5CCN(C(=O)[C@H]6C[C@H]6C)CC5)ccnn4c3)cc2)CC1. The Hall–Kier alpha value is -3.06. The highest BCUT2D eigenvalue weighted by Crippen LogP contribution is 2.39. The third-order valence-electron chi connectivity index (χ3n) is 8.23. The number of amides is 1. The first-order valence-corrected chi connectivity index (χ1v) is 13.2. The molecule has 0 spiro atoms. The maximum atomic E-state index is 12.6. The molecule has 184 valence electrons. The van der Waals surface area contributed by atoms with E-state index in [0.29, 0.717) is 11.8 Å². The van der Waals surface area contributed by atoms with E-state index in [4.69, 9.17) is 0 Å². The van der Waals surface area contributed by atoms with Crippen LogP contribution in [0.2, 0.25) is 0 Å². The summed E-state index contributed by atoms with van der Waals surface area (Å²) >= 11 is 0. The lowest BCUT2D eigenvalue weighted by atomic mass is 10.1. The second-order valence-electron chi connectivity index (χ2n) is 10.4. The van der Waals surface area contributed by atoms with Gasteiger partial charge < -0.3 is 19.6 Å². The van der Waals surface area contributed by atoms with Crippen molar-refractivity contribution in [1.82, 2.24) is 19.4 Å². The minimum Gasteiger partial charge on any atom is -0.369 e. The van der Waals surface area contributed by atoms with Gasteiger partial charge in [0, 0.05) is 81.9 Å². The van der Waals surface area contributed by atoms with Crippen LogP contribution < -0.4 is 9.80 Å². The summed E-state index contributed by atoms with van der Waals surface area (Å²) in [6.45, 7) is 13.4. The highest BCUT2D eigenvalue weighted by atomic mass is 16.2. The molecule has 7 nitrogen and oxygen atoms in total. The highest BCUT2D eigenvalue weighted by Gasteiger charge is 2.42. The molecule has 7 heteroatoms. The van der Waals surface area contributed by atoms with Crippen LogP contribution in [0.25, 0.3) is 16.6 Å². The normalized spacial score (nSPS) is 23.2. The Morgan fingerprint density at radius 2 is 1.60 bits per heavy atom. The van der Waals surface area contributed by atoms with Gasteiger partial charge in [-0.25, -0.2) is 4.52 Å². The molecule has 2 aromatic heterocycles. The molecule has 35 heavy (non-hydrogen) atoms. The lowest BCUT2D eigenvalue weighted by Crippen LogP contribution is -2.49. The summed E-state index contributed by atoms with van der Waals surface area (Å²) in [5.41, 5.74) is 6.02. The van der Waals surface area contributed by atoms with Gasteiger partial charge in [-0.05, 0) is 48.7 Å². The van der Waals surface area contributed by atoms with E-state index in [2.05, 4.69) is 81.1 Å². The number of fused-ring (bicyclic) bond motifs is 1. The van der Waals surface area contributed by atoms with E-state index in [9.17, 15) is 4.79 Å². The van der Waals surface area contributed by atoms with E-state index in [1.807, 2.05) is 10.7 Å². The van der Waals surface area contributed by atoms with E-state index in [1.165, 1.54) is 22.5 Å². The Labute approximate surface area is 207 Å². The van der Waals surface area contributed by atoms with Gasteiger partial charge in [0.15, 0.2) is 0 Å². The van der Waals surface area contributed by atoms with Crippen molar-refractivity contribution in [3.8, 4) is 11.1 Å². The molecule has 0 unspecified atom stereocenters. The first-order valence-electron chi connectivity index (χ1n) is 13.2. The van der Waals surface area contributed by atoms with Crippen molar-refractivity contribution in [2.75, 3.05) is 68.7 Å². The molecule has 1 saturated carbocycles. The van der Waals surface area contributed by atoms with Gasteiger partial charge in [0.2, 0.25) is 5.91 Å². The number of hydrogen-bond acceptors (Lipinski definition) is 5. The van der Waals surface area contributed by atoms with Crippen LogP contribution in [0, 0.1) is 11.8 Å². The topological polar surface area (TPSA) is 47.3 Å². The Morgan fingerprint density at radius 1 is 0.914 bits per heavy atom. The van der Waals surface area contributed by atoms with Gasteiger partial charge >= 0.3 is 0 Å². The van der Waals surface area contributed by atoms with Crippen LogP contribution in [0.5, 0.6) is 0 Å². The number of aromatic nitrogens is 2. The third-order valence-corrected chi connectivity index (χ3v) is 8.23. The number of benzene rings is 1. The summed E-state index contributed by atoms with van der Waals surface area (Å²) in [6.07, 6.45) is 5.07. The predicted molar refractivity (Wildman–Crippen MR) is 141 cm³/mol. The molecule has 0 N–H and O–H groups in total. The molecule has 3 aromatic rings. The van der Waals surface area contributed by atoms with E-state index in [0.717, 1.165) is 70.8 Å². The number of hydrogen-bond donors (Lipinski definition) is 0. The minimum atomic E-state index is 0.273. The highest BCUT2D eigenvalue weighted by molar-refractivity contribution is 5.83. The molecule has 6 rings (SSSR count). The van der Waals surface area contributed by atoms with Crippen LogP contribution >= 0.6 is 0 Å². The standard InChI is InChI=1S/C28H36N6O/c1-3-30-10-12-31(13-11-30)24-6-4-22(5-7-24)23-19-27-26(8-9-29-34(27)20-23)32-14-16-33(17-15-32)28(35)25-18-21(25)2/h4-9,19-21,25H,3,10-18H2,1-2H3/t21-,25+/m1/s1. The summed E-state index contributed by atoms with van der Waals surface area (Å²) in [6, 6.07) is 13.3. The smallest absolute Gasteiger partial charge is 0.226 e. The van der Waals surface area contributed by atoms with Crippen LogP contribution in [0.1, 0.15) is 20.3 Å². The third kappa shape index (κ3) is 4.38. The molecular formula is C28H36N6O. The van der Waals surface area contributed by atoms with Crippen molar-refractivity contribution in [3.63, 3.8) is 0 Å². The van der Waals surface area contributed by atoms with Gasteiger partial charge in [-0.3, -0.25) is 4.79 Å². The van der Waals surface area contributed by atoms with Crippen molar-refractivity contribution in [3.05, 3.63) is 48.8 Å². The number of nitrogens with zero attached hydrogens (tertiary/aromatic N) is 6. The summed E-state index contributed by atoms with van der Waals surface area (Å²) < 4.78 is 1.99. The van der Waals surface area contributed by atoms with E-state index in [-0.39, 0.29) is 5.92 Å². The molecule has 3 aliphatic rings. The number of carbonyl (C=O) groups excluding carboxylic acids is 1. The summed E-state index contributed by atoms with van der Waals surface area (Å²) in [5, 5.41) is 4.58. The molecule has 0 bridgehead atoms.